The highest BCUT2D eigenvalue weighted by atomic mass is 19.1. The van der Waals surface area contributed by atoms with Crippen molar-refractivity contribution in [2.75, 3.05) is 31.6 Å². The highest BCUT2D eigenvalue weighted by Crippen LogP contribution is 2.27. The van der Waals surface area contributed by atoms with Crippen molar-refractivity contribution in [3.63, 3.8) is 0 Å². The van der Waals surface area contributed by atoms with Gasteiger partial charge in [-0.2, -0.15) is 0 Å². The molecular weight excluding hydrogens is 260 g/mol. The van der Waals surface area contributed by atoms with Crippen LogP contribution in [0.3, 0.4) is 0 Å². The van der Waals surface area contributed by atoms with E-state index in [-0.39, 0.29) is 17.8 Å². The van der Waals surface area contributed by atoms with Crippen LogP contribution in [0.4, 0.5) is 14.5 Å². The molecule has 0 amide bonds. The van der Waals surface area contributed by atoms with Crippen LogP contribution in [0.25, 0.3) is 0 Å². The second-order valence-corrected chi connectivity index (χ2v) is 5.87. The molecule has 0 saturated carbocycles. The number of benzene rings is 1. The first-order valence-electron chi connectivity index (χ1n) is 7.07. The van der Waals surface area contributed by atoms with E-state index in [2.05, 4.69) is 11.8 Å². The summed E-state index contributed by atoms with van der Waals surface area (Å²) in [6.45, 7) is 5.97. The largest absolute Gasteiger partial charge is 0.364 e. The zero-order chi connectivity index (χ0) is 14.9. The molecular formula is C15H23F2N3. The van der Waals surface area contributed by atoms with E-state index in [0.717, 1.165) is 6.54 Å². The molecule has 0 radical (unpaired) electrons. The molecule has 1 fully saturated rings. The van der Waals surface area contributed by atoms with Crippen molar-refractivity contribution < 1.29 is 8.78 Å². The van der Waals surface area contributed by atoms with E-state index in [4.69, 9.17) is 5.73 Å². The van der Waals surface area contributed by atoms with E-state index in [9.17, 15) is 8.78 Å². The van der Waals surface area contributed by atoms with Crippen molar-refractivity contribution in [2.24, 2.45) is 5.73 Å². The third kappa shape index (κ3) is 3.27. The second kappa shape index (κ2) is 6.06. The fourth-order valence-electron chi connectivity index (χ4n) is 2.66. The number of halogens is 2. The number of nitrogens with two attached hydrogens (primary N) is 1. The minimum Gasteiger partial charge on any atom is -0.364 e. The maximum Gasteiger partial charge on any atom is 0.149 e. The number of piperazine rings is 1. The molecule has 0 aliphatic carbocycles. The Kier molecular flexibility index (Phi) is 4.60. The molecule has 5 heteroatoms. The van der Waals surface area contributed by atoms with E-state index < -0.39 is 11.6 Å². The molecule has 2 rings (SSSR count). The molecule has 1 aliphatic rings. The molecule has 1 aromatic carbocycles. The number of nitrogens with zero attached hydrogens (tertiary/aromatic N) is 2. The lowest BCUT2D eigenvalue weighted by molar-refractivity contribution is 0.232. The molecule has 0 spiro atoms. The van der Waals surface area contributed by atoms with Crippen LogP contribution >= 0.6 is 0 Å². The lowest BCUT2D eigenvalue weighted by atomic mass is 10.1. The number of anilines is 1. The Hall–Kier alpha value is -1.20. The van der Waals surface area contributed by atoms with Gasteiger partial charge in [-0.25, -0.2) is 8.78 Å². The minimum atomic E-state index is -0.489. The van der Waals surface area contributed by atoms with Gasteiger partial charge < -0.3 is 15.5 Å². The summed E-state index contributed by atoms with van der Waals surface area (Å²) in [6, 6.07) is 2.99. The maximum atomic E-state index is 14.2. The summed E-state index contributed by atoms with van der Waals surface area (Å²) in [5.41, 5.74) is 6.39. The Balaban J connectivity index is 2.24. The summed E-state index contributed by atoms with van der Waals surface area (Å²) in [4.78, 5) is 3.99. The van der Waals surface area contributed by atoms with Gasteiger partial charge in [0.1, 0.15) is 17.3 Å². The zero-order valence-corrected chi connectivity index (χ0v) is 12.4. The number of hydrogen-bond donors (Lipinski definition) is 1. The first-order chi connectivity index (χ1) is 9.38. The molecule has 1 aliphatic heterocycles. The molecule has 2 unspecified atom stereocenters. The molecule has 2 atom stereocenters. The van der Waals surface area contributed by atoms with Crippen molar-refractivity contribution >= 4 is 5.69 Å². The first kappa shape index (κ1) is 15.2. The smallest absolute Gasteiger partial charge is 0.149 e. The predicted octanol–water partition coefficient (Wildman–Crippen LogP) is 1.99. The summed E-state index contributed by atoms with van der Waals surface area (Å²) in [5.74, 6) is -0.977. The molecule has 0 aromatic heterocycles. The van der Waals surface area contributed by atoms with Gasteiger partial charge in [0.25, 0.3) is 0 Å². The normalized spacial score (nSPS) is 22.1. The van der Waals surface area contributed by atoms with Gasteiger partial charge in [0, 0.05) is 31.7 Å². The van der Waals surface area contributed by atoms with Gasteiger partial charge in [-0.05, 0) is 45.0 Å². The van der Waals surface area contributed by atoms with Crippen LogP contribution < -0.4 is 10.6 Å². The van der Waals surface area contributed by atoms with Crippen molar-refractivity contribution in [2.45, 2.75) is 32.4 Å². The highest BCUT2D eigenvalue weighted by molar-refractivity contribution is 5.51. The fraction of sp³-hybridized carbons (Fsp3) is 0.600. The SMILES string of the molecule is CC(N)Cc1cc(F)c(N2CCN(C)C(C)C2)c(F)c1. The fourth-order valence-corrected chi connectivity index (χ4v) is 2.66. The molecule has 3 nitrogen and oxygen atoms in total. The quantitative estimate of drug-likeness (QED) is 0.921. The molecule has 1 aromatic rings. The molecule has 0 bridgehead atoms. The summed E-state index contributed by atoms with van der Waals surface area (Å²) in [6.07, 6.45) is 0.479. The minimum absolute atomic E-state index is 0.0957. The Labute approximate surface area is 119 Å². The number of rotatable bonds is 3. The lowest BCUT2D eigenvalue weighted by Crippen LogP contribution is -2.50. The van der Waals surface area contributed by atoms with Gasteiger partial charge in [-0.15, -0.1) is 0 Å². The Morgan fingerprint density at radius 2 is 1.90 bits per heavy atom. The summed E-state index contributed by atoms with van der Waals surface area (Å²) in [7, 11) is 2.03. The van der Waals surface area contributed by atoms with Crippen LogP contribution in [-0.4, -0.2) is 43.7 Å². The van der Waals surface area contributed by atoms with E-state index in [1.54, 1.807) is 4.90 Å². The van der Waals surface area contributed by atoms with Crippen LogP contribution in [0, 0.1) is 11.6 Å². The van der Waals surface area contributed by atoms with Gasteiger partial charge in [0.15, 0.2) is 0 Å². The van der Waals surface area contributed by atoms with Gasteiger partial charge in [0.05, 0.1) is 0 Å². The van der Waals surface area contributed by atoms with Crippen LogP contribution in [0.2, 0.25) is 0 Å². The molecule has 1 heterocycles. The zero-order valence-electron chi connectivity index (χ0n) is 12.4. The van der Waals surface area contributed by atoms with Gasteiger partial charge in [-0.3, -0.25) is 0 Å². The maximum absolute atomic E-state index is 14.2. The topological polar surface area (TPSA) is 32.5 Å². The highest BCUT2D eigenvalue weighted by Gasteiger charge is 2.25. The van der Waals surface area contributed by atoms with E-state index in [0.29, 0.717) is 25.1 Å². The van der Waals surface area contributed by atoms with Crippen LogP contribution in [0.5, 0.6) is 0 Å². The average molecular weight is 283 g/mol. The predicted molar refractivity (Wildman–Crippen MR) is 78.0 cm³/mol. The summed E-state index contributed by atoms with van der Waals surface area (Å²) >= 11 is 0. The Morgan fingerprint density at radius 3 is 2.40 bits per heavy atom. The number of hydrogen-bond acceptors (Lipinski definition) is 3. The third-order valence-electron chi connectivity index (χ3n) is 3.91. The molecule has 20 heavy (non-hydrogen) atoms. The standard InChI is InChI=1S/C15H23F2N3/c1-10(18)6-12-7-13(16)15(14(17)8-12)20-5-4-19(3)11(2)9-20/h7-8,10-11H,4-6,9,18H2,1-3H3. The summed E-state index contributed by atoms with van der Waals surface area (Å²) in [5, 5.41) is 0. The molecule has 112 valence electrons. The summed E-state index contributed by atoms with van der Waals surface area (Å²) < 4.78 is 28.5. The van der Waals surface area contributed by atoms with E-state index in [1.165, 1.54) is 12.1 Å². The van der Waals surface area contributed by atoms with Crippen molar-refractivity contribution in [1.82, 2.24) is 4.90 Å². The van der Waals surface area contributed by atoms with Crippen LogP contribution in [-0.2, 0) is 6.42 Å². The van der Waals surface area contributed by atoms with Crippen molar-refractivity contribution in [3.05, 3.63) is 29.3 Å². The molecule has 1 saturated heterocycles. The number of likely N-dealkylation sites (N-methyl/N-ethyl adjacent to an activating group) is 1. The average Bonchev–Trinajstić information content (AvgIpc) is 2.32. The third-order valence-corrected chi connectivity index (χ3v) is 3.91. The van der Waals surface area contributed by atoms with Crippen LogP contribution in [0.1, 0.15) is 19.4 Å². The van der Waals surface area contributed by atoms with E-state index in [1.807, 2.05) is 14.0 Å². The van der Waals surface area contributed by atoms with Gasteiger partial charge in [0.2, 0.25) is 0 Å². The second-order valence-electron chi connectivity index (χ2n) is 5.87. The van der Waals surface area contributed by atoms with Crippen molar-refractivity contribution in [3.8, 4) is 0 Å². The Bertz CT molecular complexity index is 453. The first-order valence-corrected chi connectivity index (χ1v) is 7.07. The van der Waals surface area contributed by atoms with Gasteiger partial charge in [-0.1, -0.05) is 0 Å². The monoisotopic (exact) mass is 283 g/mol. The van der Waals surface area contributed by atoms with Gasteiger partial charge >= 0.3 is 0 Å². The lowest BCUT2D eigenvalue weighted by Gasteiger charge is -2.39. The van der Waals surface area contributed by atoms with Crippen molar-refractivity contribution in [1.29, 1.82) is 0 Å². The van der Waals surface area contributed by atoms with E-state index >= 15 is 0 Å². The van der Waals surface area contributed by atoms with Crippen LogP contribution in [0.15, 0.2) is 12.1 Å². The molecule has 2 N–H and O–H groups in total. The Morgan fingerprint density at radius 1 is 1.30 bits per heavy atom.